The monoisotopic (exact) mass is 428 g/mol. The summed E-state index contributed by atoms with van der Waals surface area (Å²) < 4.78 is 24.3. The molecule has 29 heavy (non-hydrogen) atoms. The number of benzene rings is 2. The molecule has 4 rings (SSSR count). The number of amides is 1. The van der Waals surface area contributed by atoms with Crippen LogP contribution in [0.5, 0.6) is 0 Å². The molecular formula is C22H24N2O3S2. The van der Waals surface area contributed by atoms with Crippen LogP contribution in [0.25, 0.3) is 0 Å². The average molecular weight is 429 g/mol. The van der Waals surface area contributed by atoms with Crippen LogP contribution >= 0.6 is 11.8 Å². The summed E-state index contributed by atoms with van der Waals surface area (Å²) in [5.74, 6) is 0.0780. The molecular weight excluding hydrogens is 404 g/mol. The van der Waals surface area contributed by atoms with Gasteiger partial charge in [-0.1, -0.05) is 71.4 Å². The molecule has 2 aromatic rings. The Labute approximate surface area is 176 Å². The number of thioether (sulfide) groups is 1. The third-order valence-electron chi connectivity index (χ3n) is 5.31. The lowest BCUT2D eigenvalue weighted by atomic mass is 10.1. The number of aryl methyl sites for hydroxylation is 2. The van der Waals surface area contributed by atoms with Crippen LogP contribution in [0, 0.1) is 13.8 Å². The second kappa shape index (κ2) is 7.95. The summed E-state index contributed by atoms with van der Waals surface area (Å²) >= 11 is 1.43. The van der Waals surface area contributed by atoms with Gasteiger partial charge in [0.25, 0.3) is 5.91 Å². The molecule has 0 saturated carbocycles. The minimum atomic E-state index is -3.05. The molecule has 2 fully saturated rings. The summed E-state index contributed by atoms with van der Waals surface area (Å²) in [5, 5.41) is 0.587. The summed E-state index contributed by atoms with van der Waals surface area (Å²) in [7, 11) is -3.05. The summed E-state index contributed by atoms with van der Waals surface area (Å²) in [6.07, 6.45) is 0.248. The average Bonchev–Trinajstić information content (AvgIpc) is 3.09. The summed E-state index contributed by atoms with van der Waals surface area (Å²) in [6, 6.07) is 15.9. The number of aliphatic imine (C=N–C) groups is 1. The number of amidine groups is 1. The lowest BCUT2D eigenvalue weighted by molar-refractivity contribution is -0.117. The molecule has 5 nitrogen and oxygen atoms in total. The van der Waals surface area contributed by atoms with Crippen molar-refractivity contribution in [1.82, 2.24) is 4.90 Å². The van der Waals surface area contributed by atoms with Crippen LogP contribution in [0.4, 0.5) is 0 Å². The van der Waals surface area contributed by atoms with E-state index in [1.54, 1.807) is 0 Å². The maximum Gasteiger partial charge on any atom is 0.252 e. The number of sulfone groups is 1. The van der Waals surface area contributed by atoms with Crippen molar-refractivity contribution in [1.29, 1.82) is 0 Å². The van der Waals surface area contributed by atoms with E-state index in [1.807, 2.05) is 67.3 Å². The molecule has 2 saturated heterocycles. The minimum Gasteiger partial charge on any atom is -0.342 e. The lowest BCUT2D eigenvalue weighted by Crippen LogP contribution is -2.37. The van der Waals surface area contributed by atoms with Gasteiger partial charge in [0, 0.05) is 11.8 Å². The van der Waals surface area contributed by atoms with Crippen molar-refractivity contribution in [3.63, 3.8) is 0 Å². The molecule has 2 aromatic carbocycles. The van der Waals surface area contributed by atoms with Crippen LogP contribution in [0.2, 0.25) is 0 Å². The number of hydrogen-bond acceptors (Lipinski definition) is 4. The number of carbonyl (C=O) groups excluding carboxylic acids is 1. The van der Waals surface area contributed by atoms with Crippen LogP contribution in [0.3, 0.4) is 0 Å². The van der Waals surface area contributed by atoms with E-state index in [2.05, 4.69) is 4.99 Å². The predicted octanol–water partition coefficient (Wildman–Crippen LogP) is 3.14. The Kier molecular flexibility index (Phi) is 5.53. The van der Waals surface area contributed by atoms with Gasteiger partial charge in [-0.2, -0.15) is 4.99 Å². The van der Waals surface area contributed by atoms with E-state index in [0.29, 0.717) is 11.7 Å². The maximum atomic E-state index is 12.6. The number of nitrogens with zero attached hydrogens (tertiary/aromatic N) is 2. The van der Waals surface area contributed by atoms with E-state index in [-0.39, 0.29) is 35.1 Å². The molecule has 0 N–H and O–H groups in total. The van der Waals surface area contributed by atoms with E-state index >= 15 is 0 Å². The quantitative estimate of drug-likeness (QED) is 0.748. The Bertz CT molecular complexity index is 1060. The molecule has 2 unspecified atom stereocenters. The van der Waals surface area contributed by atoms with Crippen molar-refractivity contribution in [3.8, 4) is 0 Å². The predicted molar refractivity (Wildman–Crippen MR) is 118 cm³/mol. The molecule has 0 aliphatic carbocycles. The van der Waals surface area contributed by atoms with Crippen LogP contribution in [-0.4, -0.2) is 47.2 Å². The van der Waals surface area contributed by atoms with Crippen molar-refractivity contribution < 1.29 is 13.2 Å². The molecule has 0 radical (unpaired) electrons. The summed E-state index contributed by atoms with van der Waals surface area (Å²) in [5.41, 5.74) is 4.31. The standard InChI is InChI=1S/C22H24N2O3S2/c1-15-6-8-17(9-7-15)12-24-19-13-29(26,27)14-20(19)28-22(24)23-21(25)11-18-5-3-4-16(2)10-18/h3-10,19-20H,11-14H2,1-2H3. The zero-order chi connectivity index (χ0) is 20.6. The first-order chi connectivity index (χ1) is 13.8. The topological polar surface area (TPSA) is 66.8 Å². The summed E-state index contributed by atoms with van der Waals surface area (Å²) in [4.78, 5) is 19.0. The van der Waals surface area contributed by atoms with E-state index in [0.717, 1.165) is 16.7 Å². The van der Waals surface area contributed by atoms with Crippen LogP contribution in [0.15, 0.2) is 53.5 Å². The Morgan fingerprint density at radius 3 is 2.55 bits per heavy atom. The highest BCUT2D eigenvalue weighted by Crippen LogP contribution is 2.39. The van der Waals surface area contributed by atoms with Gasteiger partial charge >= 0.3 is 0 Å². The SMILES string of the molecule is Cc1ccc(CN2C(=NC(=O)Cc3cccc(C)c3)SC3CS(=O)(=O)CC32)cc1. The maximum absolute atomic E-state index is 12.6. The highest BCUT2D eigenvalue weighted by molar-refractivity contribution is 8.15. The first kappa shape index (κ1) is 20.2. The minimum absolute atomic E-state index is 0.0593. The summed E-state index contributed by atoms with van der Waals surface area (Å²) in [6.45, 7) is 4.59. The number of carbonyl (C=O) groups is 1. The fourth-order valence-corrected chi connectivity index (χ4v) is 7.82. The second-order valence-electron chi connectivity index (χ2n) is 7.87. The third kappa shape index (κ3) is 4.73. The molecule has 7 heteroatoms. The van der Waals surface area contributed by atoms with Gasteiger partial charge < -0.3 is 4.90 Å². The van der Waals surface area contributed by atoms with E-state index in [1.165, 1.54) is 17.3 Å². The van der Waals surface area contributed by atoms with E-state index in [4.69, 9.17) is 0 Å². The van der Waals surface area contributed by atoms with Crippen molar-refractivity contribution >= 4 is 32.7 Å². The lowest BCUT2D eigenvalue weighted by Gasteiger charge is -2.24. The van der Waals surface area contributed by atoms with Gasteiger partial charge in [-0.25, -0.2) is 8.42 Å². The van der Waals surface area contributed by atoms with Crippen LogP contribution in [-0.2, 0) is 27.6 Å². The molecule has 0 spiro atoms. The smallest absolute Gasteiger partial charge is 0.252 e. The Morgan fingerprint density at radius 1 is 1.07 bits per heavy atom. The zero-order valence-corrected chi connectivity index (χ0v) is 18.2. The Hall–Kier alpha value is -2.12. The molecule has 1 amide bonds. The van der Waals surface area contributed by atoms with Crippen molar-refractivity contribution in [2.24, 2.45) is 4.99 Å². The normalized spacial score (nSPS) is 24.1. The molecule has 2 aliphatic heterocycles. The van der Waals surface area contributed by atoms with Gasteiger partial charge in [0.1, 0.15) is 0 Å². The van der Waals surface area contributed by atoms with Gasteiger partial charge in [0.05, 0.1) is 24.0 Å². The molecule has 0 aromatic heterocycles. The second-order valence-corrected chi connectivity index (χ2v) is 11.2. The van der Waals surface area contributed by atoms with Crippen molar-refractivity contribution in [2.45, 2.75) is 38.1 Å². The first-order valence-corrected chi connectivity index (χ1v) is 12.4. The zero-order valence-electron chi connectivity index (χ0n) is 16.5. The molecule has 0 bridgehead atoms. The highest BCUT2D eigenvalue weighted by Gasteiger charge is 2.48. The number of fused-ring (bicyclic) bond motifs is 1. The van der Waals surface area contributed by atoms with Gasteiger partial charge in [0.15, 0.2) is 15.0 Å². The number of hydrogen-bond donors (Lipinski definition) is 0. The van der Waals surface area contributed by atoms with E-state index < -0.39 is 9.84 Å². The number of rotatable bonds is 4. The van der Waals surface area contributed by atoms with Gasteiger partial charge in [-0.15, -0.1) is 0 Å². The van der Waals surface area contributed by atoms with Crippen molar-refractivity contribution in [3.05, 3.63) is 70.8 Å². The fourth-order valence-electron chi connectivity index (χ4n) is 3.85. The largest absolute Gasteiger partial charge is 0.342 e. The van der Waals surface area contributed by atoms with Gasteiger partial charge in [0.2, 0.25) is 0 Å². The molecule has 2 atom stereocenters. The Balaban J connectivity index is 1.57. The van der Waals surface area contributed by atoms with E-state index in [9.17, 15) is 13.2 Å². The van der Waals surface area contributed by atoms with Crippen molar-refractivity contribution in [2.75, 3.05) is 11.5 Å². The molecule has 2 aliphatic rings. The highest BCUT2D eigenvalue weighted by atomic mass is 32.2. The van der Waals surface area contributed by atoms with Gasteiger partial charge in [-0.3, -0.25) is 4.79 Å². The van der Waals surface area contributed by atoms with Crippen LogP contribution in [0.1, 0.15) is 22.3 Å². The van der Waals surface area contributed by atoms with Crippen LogP contribution < -0.4 is 0 Å². The first-order valence-electron chi connectivity index (χ1n) is 9.65. The Morgan fingerprint density at radius 2 is 1.83 bits per heavy atom. The van der Waals surface area contributed by atoms with Gasteiger partial charge in [-0.05, 0) is 25.0 Å². The third-order valence-corrected chi connectivity index (χ3v) is 8.55. The fraction of sp³-hybridized carbons (Fsp3) is 0.364. The molecule has 152 valence electrons. The molecule has 2 heterocycles.